The Bertz CT molecular complexity index is 1440. The predicted octanol–water partition coefficient (Wildman–Crippen LogP) is 3.33. The number of amides is 2. The molecule has 0 unspecified atom stereocenters. The number of benzene rings is 2. The maximum atomic E-state index is 12.8. The fraction of sp³-hybridized carbons (Fsp3) is 0.429. The molecule has 0 aliphatic carbocycles. The molecule has 40 heavy (non-hydrogen) atoms. The number of alkyl carbamates (subject to hydrolysis) is 1. The summed E-state index contributed by atoms with van der Waals surface area (Å²) in [5.41, 5.74) is 2.91. The van der Waals surface area contributed by atoms with Gasteiger partial charge in [0.25, 0.3) is 5.91 Å². The number of nitrogens with one attached hydrogen (secondary N) is 3. The Balaban J connectivity index is 1.25. The van der Waals surface area contributed by atoms with Crippen LogP contribution in [0.4, 0.5) is 16.2 Å². The summed E-state index contributed by atoms with van der Waals surface area (Å²) in [6.45, 7) is 8.31. The van der Waals surface area contributed by atoms with E-state index in [1.807, 2.05) is 57.3 Å². The number of nitrogens with zero attached hydrogens (tertiary/aromatic N) is 2. The van der Waals surface area contributed by atoms with Gasteiger partial charge in [-0.1, -0.05) is 0 Å². The molecular weight excluding hydrogens is 534 g/mol. The zero-order chi connectivity index (χ0) is 28.9. The van der Waals surface area contributed by atoms with Gasteiger partial charge in [-0.25, -0.2) is 13.2 Å². The third-order valence-electron chi connectivity index (χ3n) is 6.33. The van der Waals surface area contributed by atoms with E-state index in [1.165, 1.54) is 0 Å². The van der Waals surface area contributed by atoms with Crippen molar-refractivity contribution in [3.05, 3.63) is 54.2 Å². The average molecular weight is 572 g/mol. The normalized spacial score (nSPS) is 14.2. The fourth-order valence-corrected chi connectivity index (χ4v) is 5.04. The monoisotopic (exact) mass is 571 g/mol. The van der Waals surface area contributed by atoms with Gasteiger partial charge >= 0.3 is 6.09 Å². The molecule has 11 nitrogen and oxygen atoms in total. The van der Waals surface area contributed by atoms with Crippen LogP contribution in [0, 0.1) is 0 Å². The topological polar surface area (TPSA) is 133 Å². The maximum absolute atomic E-state index is 12.8. The Hall–Kier alpha value is -3.93. The molecule has 12 heteroatoms. The molecule has 0 saturated carbocycles. The first-order chi connectivity index (χ1) is 18.9. The average Bonchev–Trinajstić information content (AvgIpc) is 3.28. The number of fused-ring (bicyclic) bond motifs is 1. The van der Waals surface area contributed by atoms with E-state index in [9.17, 15) is 18.0 Å². The number of aromatic amines is 1. The number of carbonyl (C=O) groups is 2. The highest BCUT2D eigenvalue weighted by atomic mass is 32.2. The highest BCUT2D eigenvalue weighted by molar-refractivity contribution is 7.92. The summed E-state index contributed by atoms with van der Waals surface area (Å²) in [6, 6.07) is 12.8. The fourth-order valence-electron chi connectivity index (χ4n) is 4.47. The number of ether oxygens (including phenoxy) is 2. The number of aromatic nitrogens is 1. The summed E-state index contributed by atoms with van der Waals surface area (Å²) in [6.07, 6.45) is 3.19. The smallest absolute Gasteiger partial charge is 0.407 e. The molecule has 1 fully saturated rings. The number of piperazine rings is 1. The molecule has 4 rings (SSSR count). The number of hydrogen-bond donors (Lipinski definition) is 3. The van der Waals surface area contributed by atoms with E-state index in [2.05, 4.69) is 19.9 Å². The van der Waals surface area contributed by atoms with E-state index < -0.39 is 21.7 Å². The van der Waals surface area contributed by atoms with Crippen LogP contribution in [0.25, 0.3) is 10.9 Å². The van der Waals surface area contributed by atoms with Crippen molar-refractivity contribution in [1.82, 2.24) is 15.2 Å². The summed E-state index contributed by atoms with van der Waals surface area (Å²) in [7, 11) is -3.32. The third-order valence-corrected chi connectivity index (χ3v) is 6.94. The van der Waals surface area contributed by atoms with Gasteiger partial charge in [-0.05, 0) is 75.2 Å². The van der Waals surface area contributed by atoms with Crippen LogP contribution < -0.4 is 19.7 Å². The standard InChI is InChI=1S/C28H37N5O6S/c1-28(2,3)39-27(35)29-12-11-20-18-30-25-10-9-23(17-24(20)25)38-19-26(34)33-15-13-32(14-16-33)22-7-5-21(6-8-22)31-40(4,36)37/h5-10,17-18,30-31H,11-16,19H2,1-4H3,(H,29,35). The van der Waals surface area contributed by atoms with Crippen LogP contribution in [0.5, 0.6) is 5.75 Å². The second kappa shape index (κ2) is 12.1. The minimum atomic E-state index is -3.32. The molecule has 0 spiro atoms. The zero-order valence-electron chi connectivity index (χ0n) is 23.3. The van der Waals surface area contributed by atoms with E-state index in [0.717, 1.165) is 28.4 Å². The number of H-pyrrole nitrogens is 1. The van der Waals surface area contributed by atoms with E-state index in [1.54, 1.807) is 17.0 Å². The predicted molar refractivity (Wildman–Crippen MR) is 155 cm³/mol. The van der Waals surface area contributed by atoms with Crippen LogP contribution >= 0.6 is 0 Å². The molecule has 0 bridgehead atoms. The molecule has 1 saturated heterocycles. The lowest BCUT2D eigenvalue weighted by atomic mass is 10.1. The van der Waals surface area contributed by atoms with Crippen LogP contribution in [0.3, 0.4) is 0 Å². The van der Waals surface area contributed by atoms with Crippen molar-refractivity contribution in [2.45, 2.75) is 32.8 Å². The molecule has 3 N–H and O–H groups in total. The first kappa shape index (κ1) is 29.1. The molecule has 3 aromatic rings. The SMILES string of the molecule is CC(C)(C)OC(=O)NCCc1c[nH]c2ccc(OCC(=O)N3CCN(c4ccc(NS(C)(=O)=O)cc4)CC3)cc12. The van der Waals surface area contributed by atoms with Gasteiger partial charge in [-0.15, -0.1) is 0 Å². The third kappa shape index (κ3) is 8.28. The van der Waals surface area contributed by atoms with Crippen molar-refractivity contribution in [3.63, 3.8) is 0 Å². The van der Waals surface area contributed by atoms with Crippen molar-refractivity contribution in [1.29, 1.82) is 0 Å². The van der Waals surface area contributed by atoms with Gasteiger partial charge in [0.05, 0.1) is 6.26 Å². The van der Waals surface area contributed by atoms with Crippen molar-refractivity contribution in [2.75, 3.05) is 55.2 Å². The first-order valence-electron chi connectivity index (χ1n) is 13.2. The Morgan fingerprint density at radius 1 is 1.02 bits per heavy atom. The van der Waals surface area contributed by atoms with Crippen molar-refractivity contribution in [2.24, 2.45) is 0 Å². The van der Waals surface area contributed by atoms with E-state index >= 15 is 0 Å². The van der Waals surface area contributed by atoms with Gasteiger partial charge in [0.15, 0.2) is 6.61 Å². The number of carbonyl (C=O) groups excluding carboxylic acids is 2. The number of sulfonamides is 1. The molecular formula is C28H37N5O6S. The van der Waals surface area contributed by atoms with E-state index in [4.69, 9.17) is 9.47 Å². The van der Waals surface area contributed by atoms with Crippen molar-refractivity contribution in [3.8, 4) is 5.75 Å². The van der Waals surface area contributed by atoms with Crippen LogP contribution in [-0.4, -0.2) is 81.5 Å². The van der Waals surface area contributed by atoms with Gasteiger partial charge in [0.2, 0.25) is 10.0 Å². The Kier molecular flexibility index (Phi) is 8.77. The molecule has 2 amide bonds. The zero-order valence-corrected chi connectivity index (χ0v) is 24.1. The van der Waals surface area contributed by atoms with Crippen molar-refractivity contribution < 1.29 is 27.5 Å². The van der Waals surface area contributed by atoms with Gasteiger partial charge < -0.3 is 29.6 Å². The largest absolute Gasteiger partial charge is 0.484 e. The lowest BCUT2D eigenvalue weighted by Gasteiger charge is -2.36. The van der Waals surface area contributed by atoms with Crippen molar-refractivity contribution >= 4 is 44.3 Å². The summed E-state index contributed by atoms with van der Waals surface area (Å²) in [5.74, 6) is 0.520. The Labute approximate surface area is 234 Å². The van der Waals surface area contributed by atoms with E-state index in [0.29, 0.717) is 50.6 Å². The van der Waals surface area contributed by atoms with Gasteiger partial charge in [0, 0.05) is 61.2 Å². The molecule has 216 valence electrons. The summed E-state index contributed by atoms with van der Waals surface area (Å²) >= 11 is 0. The summed E-state index contributed by atoms with van der Waals surface area (Å²) in [4.78, 5) is 31.9. The molecule has 1 aliphatic rings. The number of hydrogen-bond acceptors (Lipinski definition) is 7. The van der Waals surface area contributed by atoms with E-state index in [-0.39, 0.29) is 12.5 Å². The molecule has 2 heterocycles. The highest BCUT2D eigenvalue weighted by Crippen LogP contribution is 2.25. The lowest BCUT2D eigenvalue weighted by Crippen LogP contribution is -2.50. The van der Waals surface area contributed by atoms with Gasteiger partial charge in [-0.3, -0.25) is 9.52 Å². The maximum Gasteiger partial charge on any atom is 0.407 e. The number of anilines is 2. The van der Waals surface area contributed by atoms with Crippen LogP contribution in [-0.2, 0) is 26.0 Å². The quantitative estimate of drug-likeness (QED) is 0.359. The molecule has 1 aromatic heterocycles. The highest BCUT2D eigenvalue weighted by Gasteiger charge is 2.22. The number of rotatable bonds is 9. The lowest BCUT2D eigenvalue weighted by molar-refractivity contribution is -0.133. The second-order valence-corrected chi connectivity index (χ2v) is 12.5. The van der Waals surface area contributed by atoms with Gasteiger partial charge in [-0.2, -0.15) is 0 Å². The van der Waals surface area contributed by atoms with Crippen LogP contribution in [0.15, 0.2) is 48.7 Å². The molecule has 2 aromatic carbocycles. The molecule has 0 atom stereocenters. The minimum Gasteiger partial charge on any atom is -0.484 e. The summed E-state index contributed by atoms with van der Waals surface area (Å²) < 4.78 is 36.4. The Morgan fingerprint density at radius 2 is 1.73 bits per heavy atom. The Morgan fingerprint density at radius 3 is 2.38 bits per heavy atom. The second-order valence-electron chi connectivity index (χ2n) is 10.8. The minimum absolute atomic E-state index is 0.0582. The molecule has 1 aliphatic heterocycles. The van der Waals surface area contributed by atoms with Crippen LogP contribution in [0.1, 0.15) is 26.3 Å². The first-order valence-corrected chi connectivity index (χ1v) is 15.1. The summed E-state index contributed by atoms with van der Waals surface area (Å²) in [5, 5.41) is 3.75. The van der Waals surface area contributed by atoms with Gasteiger partial charge in [0.1, 0.15) is 11.4 Å². The molecule has 0 radical (unpaired) electrons. The van der Waals surface area contributed by atoms with Crippen LogP contribution in [0.2, 0.25) is 0 Å².